The third-order valence-corrected chi connectivity index (χ3v) is 9.73. The number of hydrogen-bond donors (Lipinski definition) is 2. The summed E-state index contributed by atoms with van der Waals surface area (Å²) in [5.74, 6) is -2.33. The Bertz CT molecular complexity index is 1500. The Morgan fingerprint density at radius 2 is 1.81 bits per heavy atom. The van der Waals surface area contributed by atoms with Gasteiger partial charge in [0.15, 0.2) is 15.6 Å². The highest BCUT2D eigenvalue weighted by atomic mass is 35.5. The van der Waals surface area contributed by atoms with E-state index in [0.717, 1.165) is 16.2 Å². The molecule has 4 rings (SSSR count). The molecule has 0 radical (unpaired) electrons. The summed E-state index contributed by atoms with van der Waals surface area (Å²) in [4.78, 5) is 39.1. The van der Waals surface area contributed by atoms with E-state index in [2.05, 4.69) is 4.72 Å². The maximum Gasteiger partial charge on any atom is 0.265 e. The normalized spacial score (nSPS) is 14.5. The van der Waals surface area contributed by atoms with Crippen molar-refractivity contribution >= 4 is 84.6 Å². The van der Waals surface area contributed by atoms with Crippen LogP contribution in [0.1, 0.15) is 21.5 Å². The number of benzene rings is 2. The summed E-state index contributed by atoms with van der Waals surface area (Å²) in [5.41, 5.74) is 1.71. The van der Waals surface area contributed by atoms with Gasteiger partial charge in [0.05, 0.1) is 17.1 Å². The Kier molecular flexibility index (Phi) is 7.64. The average molecular weight is 587 g/mol. The van der Waals surface area contributed by atoms with Gasteiger partial charge in [-0.2, -0.15) is 0 Å². The van der Waals surface area contributed by atoms with Gasteiger partial charge in [0, 0.05) is 17.7 Å². The second-order valence-electron chi connectivity index (χ2n) is 7.76. The smallest absolute Gasteiger partial charge is 0.265 e. The highest BCUT2D eigenvalue weighted by Crippen LogP contribution is 2.35. The molecule has 0 saturated heterocycles. The molecular formula is C22H16Cl2N2O7S3. The highest BCUT2D eigenvalue weighted by Gasteiger charge is 2.32. The van der Waals surface area contributed by atoms with Crippen molar-refractivity contribution in [1.82, 2.24) is 0 Å². The van der Waals surface area contributed by atoms with Gasteiger partial charge < -0.3 is 0 Å². The van der Waals surface area contributed by atoms with E-state index in [1.54, 1.807) is 6.07 Å². The van der Waals surface area contributed by atoms with Crippen LogP contribution >= 0.6 is 34.5 Å². The van der Waals surface area contributed by atoms with Crippen LogP contribution in [0.15, 0.2) is 52.7 Å². The van der Waals surface area contributed by atoms with Crippen molar-refractivity contribution in [3.8, 4) is 0 Å². The molecule has 2 amide bonds. The maximum atomic E-state index is 13.0. The number of nitrogens with zero attached hydrogens (tertiary/aromatic N) is 1. The van der Waals surface area contributed by atoms with Gasteiger partial charge in [0.1, 0.15) is 14.3 Å². The number of rotatable bonds is 8. The van der Waals surface area contributed by atoms with Crippen molar-refractivity contribution in [2.75, 3.05) is 15.4 Å². The summed E-state index contributed by atoms with van der Waals surface area (Å²) in [6.45, 7) is 0. The first-order chi connectivity index (χ1) is 16.9. The number of carbonyl (C=O) groups is 3. The number of thiophene rings is 1. The van der Waals surface area contributed by atoms with Crippen LogP contribution in [0.25, 0.3) is 0 Å². The van der Waals surface area contributed by atoms with Gasteiger partial charge in [-0.3, -0.25) is 23.7 Å². The molecule has 2 aromatic carbocycles. The van der Waals surface area contributed by atoms with E-state index >= 15 is 0 Å². The molecule has 1 aromatic heterocycles. The van der Waals surface area contributed by atoms with Crippen LogP contribution in [-0.2, 0) is 43.5 Å². The predicted molar refractivity (Wildman–Crippen MR) is 138 cm³/mol. The fourth-order valence-electron chi connectivity index (χ4n) is 3.64. The van der Waals surface area contributed by atoms with E-state index in [1.807, 2.05) is 0 Å². The van der Waals surface area contributed by atoms with Gasteiger partial charge in [-0.15, -0.1) is 11.3 Å². The number of carbonyl (C=O) groups excluding carboxylic acids is 3. The lowest BCUT2D eigenvalue weighted by atomic mass is 9.97. The number of anilines is 2. The lowest BCUT2D eigenvalue weighted by molar-refractivity contribution is -0.118. The molecule has 3 aromatic rings. The fraction of sp³-hybridized carbons (Fsp3) is 0.136. The number of sulfone groups is 1. The summed E-state index contributed by atoms with van der Waals surface area (Å²) in [5, 5.41) is 0.101. The lowest BCUT2D eigenvalue weighted by Gasteiger charge is -2.27. The first-order valence-electron chi connectivity index (χ1n) is 10.1. The van der Waals surface area contributed by atoms with Gasteiger partial charge in [-0.25, -0.2) is 17.5 Å². The first-order valence-corrected chi connectivity index (χ1v) is 14.4. The molecule has 1 atom stereocenters. The third kappa shape index (κ3) is 5.69. The molecule has 188 valence electrons. The van der Waals surface area contributed by atoms with Crippen molar-refractivity contribution in [3.63, 3.8) is 0 Å². The number of amides is 2. The monoisotopic (exact) mass is 586 g/mol. The topological polar surface area (TPSA) is 138 Å². The van der Waals surface area contributed by atoms with Crippen molar-refractivity contribution in [1.29, 1.82) is 0 Å². The minimum atomic E-state index is -3.90. The average Bonchev–Trinajstić information content (AvgIpc) is 3.14. The third-order valence-electron chi connectivity index (χ3n) is 5.22. The number of imide groups is 1. The number of halogens is 2. The molecule has 2 heterocycles. The van der Waals surface area contributed by atoms with Crippen LogP contribution in [0, 0.1) is 0 Å². The Morgan fingerprint density at radius 1 is 1.11 bits per heavy atom. The summed E-state index contributed by atoms with van der Waals surface area (Å²) in [7, 11) is -3.90. The van der Waals surface area contributed by atoms with Gasteiger partial charge in [-0.1, -0.05) is 41.4 Å². The number of nitrogens with one attached hydrogen (secondary N) is 1. The fourth-order valence-corrected chi connectivity index (χ4v) is 7.17. The van der Waals surface area contributed by atoms with Gasteiger partial charge in [0.2, 0.25) is 5.91 Å². The first kappa shape index (κ1) is 26.5. The molecule has 0 bridgehead atoms. The van der Waals surface area contributed by atoms with Crippen molar-refractivity contribution < 1.29 is 31.6 Å². The van der Waals surface area contributed by atoms with E-state index in [1.165, 1.54) is 42.5 Å². The molecule has 0 spiro atoms. The zero-order valence-electron chi connectivity index (χ0n) is 18.1. The number of Topliss-reactive ketones (excluding diaryl/α,β-unsaturated/α-hetero) is 1. The molecule has 0 aliphatic carbocycles. The molecule has 14 heteroatoms. The zero-order valence-corrected chi connectivity index (χ0v) is 22.0. The minimum Gasteiger partial charge on any atom is -0.298 e. The Balaban J connectivity index is 1.48. The molecule has 1 aliphatic heterocycles. The van der Waals surface area contributed by atoms with Crippen molar-refractivity contribution in [2.45, 2.75) is 17.1 Å². The van der Waals surface area contributed by atoms with Gasteiger partial charge in [-0.05, 0) is 41.5 Å². The molecule has 1 unspecified atom stereocenters. The molecule has 36 heavy (non-hydrogen) atoms. The maximum absolute atomic E-state index is 13.0. The van der Waals surface area contributed by atoms with Crippen LogP contribution in [0.2, 0.25) is 9.36 Å². The molecular weight excluding hydrogens is 571 g/mol. The van der Waals surface area contributed by atoms with E-state index < -0.39 is 44.5 Å². The second kappa shape index (κ2) is 10.4. The Morgan fingerprint density at radius 3 is 2.42 bits per heavy atom. The minimum absolute atomic E-state index is 0.0432. The van der Waals surface area contributed by atoms with Crippen LogP contribution in [0.5, 0.6) is 0 Å². The number of hydrogen-bond acceptors (Lipinski definition) is 7. The highest BCUT2D eigenvalue weighted by molar-refractivity contribution is 7.94. The van der Waals surface area contributed by atoms with Gasteiger partial charge >= 0.3 is 0 Å². The largest absolute Gasteiger partial charge is 0.298 e. The second-order valence-corrected chi connectivity index (χ2v) is 12.7. The van der Waals surface area contributed by atoms with E-state index in [9.17, 15) is 27.0 Å². The van der Waals surface area contributed by atoms with Crippen LogP contribution < -0.4 is 9.62 Å². The lowest BCUT2D eigenvalue weighted by Crippen LogP contribution is -2.42. The summed E-state index contributed by atoms with van der Waals surface area (Å²) in [6, 6.07) is 11.7. The quantitative estimate of drug-likeness (QED) is 0.301. The summed E-state index contributed by atoms with van der Waals surface area (Å²) >= 11 is 10.1. The van der Waals surface area contributed by atoms with Crippen molar-refractivity contribution in [2.24, 2.45) is 0 Å². The van der Waals surface area contributed by atoms with Crippen LogP contribution in [-0.4, -0.2) is 40.5 Å². The predicted octanol–water partition coefficient (Wildman–Crippen LogP) is 3.92. The summed E-state index contributed by atoms with van der Waals surface area (Å²) in [6.07, 6.45) is -0.219. The Hall–Kier alpha value is -2.61. The molecule has 9 nitrogen and oxygen atoms in total. The molecule has 1 aliphatic rings. The molecule has 0 fully saturated rings. The van der Waals surface area contributed by atoms with Crippen LogP contribution in [0.3, 0.4) is 0 Å². The Labute approximate surface area is 222 Å². The van der Waals surface area contributed by atoms with Crippen LogP contribution in [0.4, 0.5) is 11.4 Å². The van der Waals surface area contributed by atoms with E-state index in [4.69, 9.17) is 27.8 Å². The SMILES string of the molecule is O=C(Cc1ccc(N2C(=O)Cc3ccc(NS(=O)O)cc3C2=O)cc1)CS(=O)(=O)c1cc(Cl)c(Cl)s1. The number of fused-ring (bicyclic) bond motifs is 1. The molecule has 0 saturated carbocycles. The van der Waals surface area contributed by atoms with Gasteiger partial charge in [0.25, 0.3) is 17.2 Å². The summed E-state index contributed by atoms with van der Waals surface area (Å²) < 4.78 is 47.3. The molecule has 2 N–H and O–H groups in total. The number of ketones is 1. The van der Waals surface area contributed by atoms with Crippen molar-refractivity contribution in [3.05, 3.63) is 74.6 Å². The van der Waals surface area contributed by atoms with E-state index in [-0.39, 0.29) is 43.3 Å². The standard InChI is InChI=1S/C22H16Cl2N2O7S3/c23-18-10-20(34-21(18)24)36(32,33)11-16(27)7-12-1-5-15(6-2-12)26-19(28)8-13-3-4-14(25-35(30)31)9-17(13)22(26)29/h1-6,9-10,25H,7-8,11H2,(H,30,31). The zero-order chi connectivity index (χ0) is 26.2. The van der Waals surface area contributed by atoms with E-state index in [0.29, 0.717) is 11.1 Å².